The standard InChI is InChI=1S/C12H12N6/c1-18-10-5-3-2-4-8(10)14-12(18)9-6-7-11(15-13)17-16-9/h2-7H,13H2,1H3,(H,15,17). The Labute approximate surface area is 103 Å². The molecule has 0 aliphatic rings. The molecule has 0 aliphatic carbocycles. The van der Waals surface area contributed by atoms with Crippen LogP contribution < -0.4 is 11.3 Å². The molecule has 0 amide bonds. The van der Waals surface area contributed by atoms with Crippen molar-refractivity contribution in [1.82, 2.24) is 19.7 Å². The lowest BCUT2D eigenvalue weighted by atomic mass is 10.3. The molecular weight excluding hydrogens is 228 g/mol. The van der Waals surface area contributed by atoms with Gasteiger partial charge in [0.1, 0.15) is 5.69 Å². The Morgan fingerprint density at radius 1 is 1.11 bits per heavy atom. The van der Waals surface area contributed by atoms with E-state index in [2.05, 4.69) is 20.6 Å². The summed E-state index contributed by atoms with van der Waals surface area (Å²) in [7, 11) is 1.96. The Morgan fingerprint density at radius 3 is 2.61 bits per heavy atom. The fraction of sp³-hybridized carbons (Fsp3) is 0.0833. The number of hydrazine groups is 1. The predicted molar refractivity (Wildman–Crippen MR) is 69.6 cm³/mol. The number of hydrogen-bond donors (Lipinski definition) is 2. The van der Waals surface area contributed by atoms with Crippen molar-refractivity contribution in [3.63, 3.8) is 0 Å². The molecule has 0 saturated carbocycles. The van der Waals surface area contributed by atoms with Gasteiger partial charge in [0.05, 0.1) is 11.0 Å². The van der Waals surface area contributed by atoms with Crippen molar-refractivity contribution in [3.8, 4) is 11.5 Å². The molecule has 3 aromatic rings. The fourth-order valence-corrected chi connectivity index (χ4v) is 1.90. The third-order valence-corrected chi connectivity index (χ3v) is 2.83. The van der Waals surface area contributed by atoms with E-state index in [9.17, 15) is 0 Å². The van der Waals surface area contributed by atoms with Crippen molar-refractivity contribution < 1.29 is 0 Å². The molecule has 6 nitrogen and oxygen atoms in total. The van der Waals surface area contributed by atoms with E-state index >= 15 is 0 Å². The number of fused-ring (bicyclic) bond motifs is 1. The number of rotatable bonds is 2. The predicted octanol–water partition coefficient (Wildman–Crippen LogP) is 1.32. The van der Waals surface area contributed by atoms with Gasteiger partial charge in [-0.05, 0) is 24.3 Å². The van der Waals surface area contributed by atoms with Crippen LogP contribution in [0, 0.1) is 0 Å². The van der Waals surface area contributed by atoms with Gasteiger partial charge in [-0.3, -0.25) is 0 Å². The minimum atomic E-state index is 0.525. The summed E-state index contributed by atoms with van der Waals surface area (Å²) >= 11 is 0. The first kappa shape index (κ1) is 10.7. The van der Waals surface area contributed by atoms with Gasteiger partial charge in [-0.2, -0.15) is 0 Å². The first-order valence-corrected chi connectivity index (χ1v) is 5.52. The lowest BCUT2D eigenvalue weighted by Crippen LogP contribution is -2.09. The summed E-state index contributed by atoms with van der Waals surface area (Å²) in [5, 5.41) is 8.05. The summed E-state index contributed by atoms with van der Waals surface area (Å²) < 4.78 is 1.99. The number of anilines is 1. The molecule has 0 aliphatic heterocycles. The SMILES string of the molecule is Cn1c(-c2ccc(NN)nn2)nc2ccccc21. The molecule has 0 saturated heterocycles. The van der Waals surface area contributed by atoms with E-state index in [-0.39, 0.29) is 0 Å². The summed E-state index contributed by atoms with van der Waals surface area (Å²) in [6, 6.07) is 11.6. The van der Waals surface area contributed by atoms with Crippen molar-refractivity contribution in [1.29, 1.82) is 0 Å². The van der Waals surface area contributed by atoms with E-state index in [1.807, 2.05) is 41.9 Å². The van der Waals surface area contributed by atoms with Gasteiger partial charge in [0.15, 0.2) is 11.6 Å². The van der Waals surface area contributed by atoms with Gasteiger partial charge < -0.3 is 9.99 Å². The Balaban J connectivity index is 2.15. The van der Waals surface area contributed by atoms with Crippen LogP contribution in [-0.4, -0.2) is 19.7 Å². The molecule has 1 aromatic carbocycles. The monoisotopic (exact) mass is 240 g/mol. The normalized spacial score (nSPS) is 10.8. The summed E-state index contributed by atoms with van der Waals surface area (Å²) in [6.45, 7) is 0. The highest BCUT2D eigenvalue weighted by Gasteiger charge is 2.10. The van der Waals surface area contributed by atoms with Gasteiger partial charge in [-0.15, -0.1) is 10.2 Å². The summed E-state index contributed by atoms with van der Waals surface area (Å²) in [5.41, 5.74) is 5.17. The van der Waals surface area contributed by atoms with Crippen LogP contribution in [0.1, 0.15) is 0 Å². The number of imidazole rings is 1. The fourth-order valence-electron chi connectivity index (χ4n) is 1.90. The summed E-state index contributed by atoms with van der Waals surface area (Å²) in [4.78, 5) is 4.55. The lowest BCUT2D eigenvalue weighted by molar-refractivity contribution is 0.929. The van der Waals surface area contributed by atoms with Crippen molar-refractivity contribution >= 4 is 16.9 Å². The topological polar surface area (TPSA) is 81.7 Å². The highest BCUT2D eigenvalue weighted by molar-refractivity contribution is 5.79. The second-order valence-electron chi connectivity index (χ2n) is 3.93. The molecule has 2 heterocycles. The number of nitrogen functional groups attached to an aromatic ring is 1. The minimum absolute atomic E-state index is 0.525. The molecule has 6 heteroatoms. The van der Waals surface area contributed by atoms with Gasteiger partial charge in [0.25, 0.3) is 0 Å². The van der Waals surface area contributed by atoms with Crippen LogP contribution >= 0.6 is 0 Å². The van der Waals surface area contributed by atoms with E-state index < -0.39 is 0 Å². The van der Waals surface area contributed by atoms with Crippen LogP contribution in [0.2, 0.25) is 0 Å². The van der Waals surface area contributed by atoms with Gasteiger partial charge in [0.2, 0.25) is 0 Å². The molecular formula is C12H12N6. The van der Waals surface area contributed by atoms with Gasteiger partial charge in [-0.1, -0.05) is 12.1 Å². The van der Waals surface area contributed by atoms with Gasteiger partial charge in [0, 0.05) is 7.05 Å². The van der Waals surface area contributed by atoms with Crippen LogP contribution in [0.25, 0.3) is 22.6 Å². The van der Waals surface area contributed by atoms with Crippen molar-refractivity contribution in [2.45, 2.75) is 0 Å². The number of nitrogens with one attached hydrogen (secondary N) is 1. The number of nitrogens with two attached hydrogens (primary N) is 1. The molecule has 0 atom stereocenters. The van der Waals surface area contributed by atoms with E-state index in [4.69, 9.17) is 5.84 Å². The third-order valence-electron chi connectivity index (χ3n) is 2.83. The van der Waals surface area contributed by atoms with Crippen LogP contribution in [0.4, 0.5) is 5.82 Å². The summed E-state index contributed by atoms with van der Waals surface area (Å²) in [5.74, 6) is 6.57. The number of para-hydroxylation sites is 2. The van der Waals surface area contributed by atoms with Crippen molar-refractivity contribution in [2.75, 3.05) is 5.43 Å². The average molecular weight is 240 g/mol. The first-order chi connectivity index (χ1) is 8.79. The molecule has 0 bridgehead atoms. The molecule has 0 radical (unpaired) electrons. The second-order valence-corrected chi connectivity index (χ2v) is 3.93. The first-order valence-electron chi connectivity index (χ1n) is 5.52. The Morgan fingerprint density at radius 2 is 1.94 bits per heavy atom. The number of nitrogens with zero attached hydrogens (tertiary/aromatic N) is 4. The smallest absolute Gasteiger partial charge is 0.162 e. The lowest BCUT2D eigenvalue weighted by Gasteiger charge is -2.02. The molecule has 0 unspecified atom stereocenters. The van der Waals surface area contributed by atoms with E-state index in [1.165, 1.54) is 0 Å². The maximum atomic E-state index is 5.26. The largest absolute Gasteiger partial charge is 0.326 e. The van der Waals surface area contributed by atoms with E-state index in [0.29, 0.717) is 11.5 Å². The molecule has 0 spiro atoms. The maximum Gasteiger partial charge on any atom is 0.162 e. The third kappa shape index (κ3) is 1.59. The molecule has 90 valence electrons. The molecule has 18 heavy (non-hydrogen) atoms. The average Bonchev–Trinajstić information content (AvgIpc) is 2.77. The van der Waals surface area contributed by atoms with Gasteiger partial charge in [-0.25, -0.2) is 10.8 Å². The highest BCUT2D eigenvalue weighted by atomic mass is 15.3. The maximum absolute atomic E-state index is 5.26. The zero-order chi connectivity index (χ0) is 12.5. The highest BCUT2D eigenvalue weighted by Crippen LogP contribution is 2.21. The Kier molecular flexibility index (Phi) is 2.42. The number of aryl methyl sites for hydroxylation is 1. The number of hydrogen-bond acceptors (Lipinski definition) is 5. The molecule has 2 aromatic heterocycles. The zero-order valence-electron chi connectivity index (χ0n) is 9.83. The Bertz CT molecular complexity index is 685. The molecule has 3 N–H and O–H groups in total. The zero-order valence-corrected chi connectivity index (χ0v) is 9.83. The van der Waals surface area contributed by atoms with Crippen molar-refractivity contribution in [2.24, 2.45) is 12.9 Å². The van der Waals surface area contributed by atoms with Crippen LogP contribution in [-0.2, 0) is 7.05 Å². The van der Waals surface area contributed by atoms with E-state index in [0.717, 1.165) is 16.9 Å². The number of benzene rings is 1. The van der Waals surface area contributed by atoms with Crippen molar-refractivity contribution in [3.05, 3.63) is 36.4 Å². The van der Waals surface area contributed by atoms with Crippen LogP contribution in [0.3, 0.4) is 0 Å². The Hall–Kier alpha value is -2.47. The second kappa shape index (κ2) is 4.08. The van der Waals surface area contributed by atoms with E-state index in [1.54, 1.807) is 6.07 Å². The quantitative estimate of drug-likeness (QED) is 0.521. The van der Waals surface area contributed by atoms with Crippen LogP contribution in [0.15, 0.2) is 36.4 Å². The van der Waals surface area contributed by atoms with Crippen LogP contribution in [0.5, 0.6) is 0 Å². The molecule has 3 rings (SSSR count). The number of aromatic nitrogens is 4. The minimum Gasteiger partial charge on any atom is -0.326 e. The van der Waals surface area contributed by atoms with Gasteiger partial charge >= 0.3 is 0 Å². The molecule has 0 fully saturated rings. The summed E-state index contributed by atoms with van der Waals surface area (Å²) in [6.07, 6.45) is 0.